The Kier molecular flexibility index (Phi) is 5.73. The molecule has 0 aromatic rings. The van der Waals surface area contributed by atoms with Crippen molar-refractivity contribution in [2.24, 2.45) is 5.92 Å². The lowest BCUT2D eigenvalue weighted by atomic mass is 9.87. The van der Waals surface area contributed by atoms with Gasteiger partial charge in [0.05, 0.1) is 6.10 Å². The lowest BCUT2D eigenvalue weighted by Gasteiger charge is -2.43. The van der Waals surface area contributed by atoms with E-state index in [9.17, 15) is 0 Å². The minimum Gasteiger partial charge on any atom is -0.377 e. The first-order chi connectivity index (χ1) is 7.60. The minimum atomic E-state index is 0.353. The van der Waals surface area contributed by atoms with E-state index in [1.54, 1.807) is 0 Å². The molecule has 0 saturated carbocycles. The van der Waals surface area contributed by atoms with Crippen molar-refractivity contribution >= 4 is 0 Å². The molecule has 0 aromatic carbocycles. The lowest BCUT2D eigenvalue weighted by Crippen LogP contribution is -2.54. The monoisotopic (exact) mass is 228 g/mol. The Bertz CT molecular complexity index is 198. The summed E-state index contributed by atoms with van der Waals surface area (Å²) >= 11 is 0. The van der Waals surface area contributed by atoms with Gasteiger partial charge in [-0.3, -0.25) is 4.90 Å². The molecule has 1 heterocycles. The fourth-order valence-corrected chi connectivity index (χ4v) is 2.77. The number of rotatable bonds is 5. The molecule has 1 aliphatic rings. The summed E-state index contributed by atoms with van der Waals surface area (Å²) in [5, 5.41) is 3.43. The number of piperidine rings is 1. The maximum atomic E-state index is 5.62. The van der Waals surface area contributed by atoms with E-state index in [0.29, 0.717) is 24.1 Å². The largest absolute Gasteiger partial charge is 0.377 e. The van der Waals surface area contributed by atoms with Crippen LogP contribution in [0, 0.1) is 5.92 Å². The number of nitrogens with zero attached hydrogens (tertiary/aromatic N) is 1. The van der Waals surface area contributed by atoms with Crippen LogP contribution in [0.2, 0.25) is 0 Å². The van der Waals surface area contributed by atoms with Crippen LogP contribution in [-0.2, 0) is 4.74 Å². The number of hydrogen-bond donors (Lipinski definition) is 1. The second-order valence-electron chi connectivity index (χ2n) is 5.04. The molecule has 1 fully saturated rings. The van der Waals surface area contributed by atoms with Gasteiger partial charge < -0.3 is 10.1 Å². The number of hydrogen-bond acceptors (Lipinski definition) is 3. The van der Waals surface area contributed by atoms with Gasteiger partial charge in [-0.1, -0.05) is 6.92 Å². The van der Waals surface area contributed by atoms with Crippen molar-refractivity contribution in [3.05, 3.63) is 0 Å². The summed E-state index contributed by atoms with van der Waals surface area (Å²) in [6.07, 6.45) is 1.60. The van der Waals surface area contributed by atoms with Crippen LogP contribution in [-0.4, -0.2) is 49.8 Å². The van der Waals surface area contributed by atoms with E-state index in [-0.39, 0.29) is 0 Å². The van der Waals surface area contributed by atoms with Crippen LogP contribution in [0.5, 0.6) is 0 Å². The molecule has 1 saturated heterocycles. The number of likely N-dealkylation sites (tertiary alicyclic amines) is 1. The summed E-state index contributed by atoms with van der Waals surface area (Å²) in [5.74, 6) is 0.715. The molecule has 96 valence electrons. The highest BCUT2D eigenvalue weighted by Crippen LogP contribution is 2.23. The normalized spacial score (nSPS) is 33.9. The Morgan fingerprint density at radius 3 is 2.69 bits per heavy atom. The predicted octanol–water partition coefficient (Wildman–Crippen LogP) is 1.73. The highest BCUT2D eigenvalue weighted by atomic mass is 16.5. The second-order valence-corrected chi connectivity index (χ2v) is 5.04. The Morgan fingerprint density at radius 1 is 1.44 bits per heavy atom. The number of nitrogens with one attached hydrogen (secondary N) is 1. The molecule has 16 heavy (non-hydrogen) atoms. The fraction of sp³-hybridized carbons (Fsp3) is 1.00. The molecule has 1 N–H and O–H groups in total. The van der Waals surface area contributed by atoms with Crippen molar-refractivity contribution in [1.29, 1.82) is 0 Å². The SMILES string of the molecule is CCOC(C)CN1CCC(NC)C(C)C1C. The van der Waals surface area contributed by atoms with Crippen LogP contribution >= 0.6 is 0 Å². The summed E-state index contributed by atoms with van der Waals surface area (Å²) in [7, 11) is 2.08. The lowest BCUT2D eigenvalue weighted by molar-refractivity contribution is 0.00838. The molecule has 0 aromatic heterocycles. The quantitative estimate of drug-likeness (QED) is 0.775. The molecule has 3 heteroatoms. The molecule has 1 rings (SSSR count). The third-order valence-corrected chi connectivity index (χ3v) is 4.01. The van der Waals surface area contributed by atoms with E-state index in [0.717, 1.165) is 13.2 Å². The first-order valence-electron chi connectivity index (χ1n) is 6.63. The van der Waals surface area contributed by atoms with Gasteiger partial charge in [-0.15, -0.1) is 0 Å². The Hall–Kier alpha value is -0.120. The average Bonchev–Trinajstić information content (AvgIpc) is 2.25. The molecule has 1 aliphatic heterocycles. The van der Waals surface area contributed by atoms with Crippen LogP contribution in [0.15, 0.2) is 0 Å². The van der Waals surface area contributed by atoms with Gasteiger partial charge in [-0.25, -0.2) is 0 Å². The van der Waals surface area contributed by atoms with Crippen molar-refractivity contribution in [3.8, 4) is 0 Å². The van der Waals surface area contributed by atoms with E-state index >= 15 is 0 Å². The zero-order chi connectivity index (χ0) is 12.1. The maximum absolute atomic E-state index is 5.62. The molecule has 4 atom stereocenters. The first kappa shape index (κ1) is 13.9. The smallest absolute Gasteiger partial charge is 0.0673 e. The third-order valence-electron chi connectivity index (χ3n) is 4.01. The highest BCUT2D eigenvalue weighted by Gasteiger charge is 2.31. The highest BCUT2D eigenvalue weighted by molar-refractivity contribution is 4.88. The van der Waals surface area contributed by atoms with E-state index in [1.807, 2.05) is 0 Å². The third kappa shape index (κ3) is 3.44. The first-order valence-corrected chi connectivity index (χ1v) is 6.63. The molecule has 0 bridgehead atoms. The van der Waals surface area contributed by atoms with Crippen LogP contribution in [0.1, 0.15) is 34.1 Å². The zero-order valence-corrected chi connectivity index (χ0v) is 11.5. The van der Waals surface area contributed by atoms with Crippen molar-refractivity contribution in [2.75, 3.05) is 26.7 Å². The van der Waals surface area contributed by atoms with Crippen molar-refractivity contribution in [2.45, 2.75) is 52.3 Å². The Balaban J connectivity index is 2.44. The molecule has 0 spiro atoms. The Morgan fingerprint density at radius 2 is 2.12 bits per heavy atom. The van der Waals surface area contributed by atoms with E-state index in [4.69, 9.17) is 4.74 Å². The summed E-state index contributed by atoms with van der Waals surface area (Å²) in [5.41, 5.74) is 0. The molecule has 0 radical (unpaired) electrons. The molecule has 0 aliphatic carbocycles. The van der Waals surface area contributed by atoms with Crippen molar-refractivity contribution in [3.63, 3.8) is 0 Å². The van der Waals surface area contributed by atoms with Gasteiger partial charge in [0, 0.05) is 31.8 Å². The van der Waals surface area contributed by atoms with Gasteiger partial charge in [0.15, 0.2) is 0 Å². The second kappa shape index (κ2) is 6.58. The van der Waals surface area contributed by atoms with Gasteiger partial charge in [0.2, 0.25) is 0 Å². The fourth-order valence-electron chi connectivity index (χ4n) is 2.77. The number of ether oxygens (including phenoxy) is 1. The topological polar surface area (TPSA) is 24.5 Å². The van der Waals surface area contributed by atoms with Crippen LogP contribution in [0.4, 0.5) is 0 Å². The maximum Gasteiger partial charge on any atom is 0.0673 e. The van der Waals surface area contributed by atoms with Gasteiger partial charge >= 0.3 is 0 Å². The molecule has 4 unspecified atom stereocenters. The van der Waals surface area contributed by atoms with Gasteiger partial charge in [-0.05, 0) is 40.2 Å². The summed E-state index contributed by atoms with van der Waals surface area (Å²) < 4.78 is 5.62. The van der Waals surface area contributed by atoms with E-state index < -0.39 is 0 Å². The molecular formula is C13H28N2O. The average molecular weight is 228 g/mol. The van der Waals surface area contributed by atoms with E-state index in [2.05, 4.69) is 45.0 Å². The van der Waals surface area contributed by atoms with Crippen molar-refractivity contribution in [1.82, 2.24) is 10.2 Å². The molecule has 3 nitrogen and oxygen atoms in total. The van der Waals surface area contributed by atoms with E-state index in [1.165, 1.54) is 13.0 Å². The van der Waals surface area contributed by atoms with Crippen LogP contribution in [0.25, 0.3) is 0 Å². The van der Waals surface area contributed by atoms with Gasteiger partial charge in [0.1, 0.15) is 0 Å². The van der Waals surface area contributed by atoms with Gasteiger partial charge in [-0.2, -0.15) is 0 Å². The summed E-state index contributed by atoms with van der Waals surface area (Å²) in [6, 6.07) is 1.32. The Labute approximate surface area is 101 Å². The molecule has 0 amide bonds. The van der Waals surface area contributed by atoms with Crippen LogP contribution in [0.3, 0.4) is 0 Å². The zero-order valence-electron chi connectivity index (χ0n) is 11.5. The van der Waals surface area contributed by atoms with Crippen LogP contribution < -0.4 is 5.32 Å². The predicted molar refractivity (Wildman–Crippen MR) is 68.8 cm³/mol. The summed E-state index contributed by atoms with van der Waals surface area (Å²) in [6.45, 7) is 12.0. The summed E-state index contributed by atoms with van der Waals surface area (Å²) in [4.78, 5) is 2.57. The van der Waals surface area contributed by atoms with Crippen molar-refractivity contribution < 1.29 is 4.74 Å². The molecular weight excluding hydrogens is 200 g/mol. The minimum absolute atomic E-state index is 0.353. The standard InChI is InChI=1S/C13H28N2O/c1-6-16-10(2)9-15-8-7-13(14-5)11(3)12(15)4/h10-14H,6-9H2,1-5H3. The van der Waals surface area contributed by atoms with Gasteiger partial charge in [0.25, 0.3) is 0 Å².